The van der Waals surface area contributed by atoms with Gasteiger partial charge in [-0.3, -0.25) is 0 Å². The molecule has 0 bridgehead atoms. The van der Waals surface area contributed by atoms with Crippen LogP contribution in [0.5, 0.6) is 0 Å². The van der Waals surface area contributed by atoms with Crippen molar-refractivity contribution in [1.82, 2.24) is 0 Å². The first-order valence-corrected chi connectivity index (χ1v) is 4.25. The van der Waals surface area contributed by atoms with E-state index in [1.165, 1.54) is 6.07 Å². The number of nitrogens with one attached hydrogen (secondary N) is 1. The van der Waals surface area contributed by atoms with Gasteiger partial charge >= 0.3 is 0 Å². The van der Waals surface area contributed by atoms with Crippen molar-refractivity contribution >= 4 is 21.6 Å². The summed E-state index contributed by atoms with van der Waals surface area (Å²) in [5, 5.41) is 2.99. The highest BCUT2D eigenvalue weighted by Gasteiger charge is 1.98. The van der Waals surface area contributed by atoms with E-state index in [0.717, 1.165) is 5.69 Å². The molecule has 0 saturated heterocycles. The summed E-state index contributed by atoms with van der Waals surface area (Å²) in [5.74, 6) is -0.306. The van der Waals surface area contributed by atoms with E-state index < -0.39 is 0 Å². The third-order valence-corrected chi connectivity index (χ3v) is 1.90. The van der Waals surface area contributed by atoms with Gasteiger partial charge in [0, 0.05) is 18.3 Å². The fraction of sp³-hybridized carbons (Fsp3) is 0.111. The Labute approximate surface area is 79.4 Å². The smallest absolute Gasteiger partial charge is 0.138 e. The molecule has 0 spiro atoms. The van der Waals surface area contributed by atoms with Gasteiger partial charge in [-0.15, -0.1) is 6.58 Å². The fourth-order valence-corrected chi connectivity index (χ4v) is 1.07. The van der Waals surface area contributed by atoms with Crippen LogP contribution in [0.1, 0.15) is 0 Å². The molecule has 0 aliphatic rings. The van der Waals surface area contributed by atoms with Crippen LogP contribution < -0.4 is 5.32 Å². The van der Waals surface area contributed by atoms with E-state index in [-0.39, 0.29) is 5.82 Å². The van der Waals surface area contributed by atoms with Gasteiger partial charge in [0.05, 0.1) is 4.47 Å². The maximum absolute atomic E-state index is 12.7. The predicted molar refractivity (Wildman–Crippen MR) is 51.6 cm³/mol. The molecule has 3 heteroatoms. The van der Waals surface area contributed by atoms with E-state index in [0.29, 0.717) is 11.0 Å². The zero-order chi connectivity index (χ0) is 8.97. The normalized spacial score (nSPS) is 9.50. The Hall–Kier alpha value is -0.830. The van der Waals surface area contributed by atoms with Crippen LogP contribution >= 0.6 is 15.9 Å². The van der Waals surface area contributed by atoms with Crippen molar-refractivity contribution < 1.29 is 4.39 Å². The van der Waals surface area contributed by atoms with Gasteiger partial charge in [0.25, 0.3) is 0 Å². The van der Waals surface area contributed by atoms with E-state index in [1.54, 1.807) is 12.1 Å². The molecular weight excluding hydrogens is 221 g/mol. The second-order valence-corrected chi connectivity index (χ2v) is 3.07. The van der Waals surface area contributed by atoms with Crippen molar-refractivity contribution in [2.45, 2.75) is 0 Å². The molecule has 0 fully saturated rings. The monoisotopic (exact) mass is 228 g/mol. The lowest BCUT2D eigenvalue weighted by Crippen LogP contribution is -1.97. The first-order chi connectivity index (χ1) is 5.74. The maximum atomic E-state index is 12.7. The molecule has 0 unspecified atom stereocenters. The summed E-state index contributed by atoms with van der Waals surface area (Å²) in [6.45, 7) is 4.20. The van der Waals surface area contributed by atoms with Crippen LogP contribution in [0.25, 0.3) is 0 Å². The fourth-order valence-electron chi connectivity index (χ4n) is 0.732. The Bertz CT molecular complexity index is 286. The highest BCUT2D eigenvalue weighted by Crippen LogP contribution is 2.19. The number of halogens is 2. The minimum atomic E-state index is -0.306. The van der Waals surface area contributed by atoms with Gasteiger partial charge in [-0.25, -0.2) is 4.39 Å². The molecule has 1 radical (unpaired) electrons. The molecule has 0 saturated carbocycles. The third kappa shape index (κ3) is 2.34. The van der Waals surface area contributed by atoms with E-state index in [4.69, 9.17) is 0 Å². The molecule has 1 aromatic rings. The van der Waals surface area contributed by atoms with Gasteiger partial charge in [-0.1, -0.05) is 6.08 Å². The summed E-state index contributed by atoms with van der Waals surface area (Å²) in [6.07, 6.45) is 1.73. The summed E-state index contributed by atoms with van der Waals surface area (Å²) < 4.78 is 13.1. The third-order valence-electron chi connectivity index (χ3n) is 1.29. The number of hydrogen-bond donors (Lipinski definition) is 1. The van der Waals surface area contributed by atoms with Gasteiger partial charge < -0.3 is 5.32 Å². The van der Waals surface area contributed by atoms with Crippen LogP contribution in [0.15, 0.2) is 29.3 Å². The van der Waals surface area contributed by atoms with Gasteiger partial charge in [0.2, 0.25) is 0 Å². The van der Waals surface area contributed by atoms with Crippen molar-refractivity contribution in [3.05, 3.63) is 41.1 Å². The highest BCUT2D eigenvalue weighted by atomic mass is 79.9. The van der Waals surface area contributed by atoms with E-state index in [9.17, 15) is 4.39 Å². The average molecular weight is 229 g/mol. The molecule has 1 rings (SSSR count). The summed E-state index contributed by atoms with van der Waals surface area (Å²) in [7, 11) is 0. The summed E-state index contributed by atoms with van der Waals surface area (Å²) >= 11 is 3.08. The molecule has 0 aliphatic heterocycles. The Morgan fingerprint density at radius 3 is 3.08 bits per heavy atom. The Morgan fingerprint density at radius 1 is 1.75 bits per heavy atom. The molecule has 1 nitrogen and oxygen atoms in total. The number of hydrogen-bond acceptors (Lipinski definition) is 1. The largest absolute Gasteiger partial charge is 0.381 e. The lowest BCUT2D eigenvalue weighted by molar-refractivity contribution is 0.621. The molecule has 0 heterocycles. The second kappa shape index (κ2) is 4.26. The minimum Gasteiger partial charge on any atom is -0.381 e. The zero-order valence-corrected chi connectivity index (χ0v) is 7.99. The predicted octanol–water partition coefficient (Wildman–Crippen LogP) is 2.99. The molecule has 1 N–H and O–H groups in total. The molecule has 0 atom stereocenters. The maximum Gasteiger partial charge on any atom is 0.138 e. The topological polar surface area (TPSA) is 12.0 Å². The van der Waals surface area contributed by atoms with Crippen LogP contribution in [0, 0.1) is 11.9 Å². The van der Waals surface area contributed by atoms with Crippen molar-refractivity contribution in [1.29, 1.82) is 0 Å². The average Bonchev–Trinajstić information content (AvgIpc) is 2.07. The first-order valence-electron chi connectivity index (χ1n) is 3.45. The quantitative estimate of drug-likeness (QED) is 0.785. The number of rotatable bonds is 3. The van der Waals surface area contributed by atoms with Crippen molar-refractivity contribution in [3.8, 4) is 0 Å². The van der Waals surface area contributed by atoms with E-state index in [1.807, 2.05) is 0 Å². The molecule has 63 valence electrons. The Morgan fingerprint density at radius 2 is 2.50 bits per heavy atom. The van der Waals surface area contributed by atoms with Crippen molar-refractivity contribution in [3.63, 3.8) is 0 Å². The number of anilines is 1. The lowest BCUT2D eigenvalue weighted by Gasteiger charge is -2.02. The van der Waals surface area contributed by atoms with Crippen LogP contribution in [-0.2, 0) is 0 Å². The molecular formula is C9H8BrFN. The number of benzene rings is 1. The van der Waals surface area contributed by atoms with Crippen LogP contribution in [0.2, 0.25) is 0 Å². The summed E-state index contributed by atoms with van der Waals surface area (Å²) in [6, 6.07) is 5.67. The standard InChI is InChI=1S/C9H8BrFN/c1-2-5-12-7-3-4-9(11)8(10)6-7/h2,4,6,12H,1,5H2. The highest BCUT2D eigenvalue weighted by molar-refractivity contribution is 9.10. The SMILES string of the molecule is C=CCNc1[c]cc(F)c(Br)c1. The molecule has 0 aromatic heterocycles. The van der Waals surface area contributed by atoms with E-state index in [2.05, 4.69) is 33.9 Å². The summed E-state index contributed by atoms with van der Waals surface area (Å²) in [5.41, 5.74) is 0.753. The van der Waals surface area contributed by atoms with Crippen LogP contribution in [-0.4, -0.2) is 6.54 Å². The Balaban J connectivity index is 2.75. The van der Waals surface area contributed by atoms with Gasteiger partial charge in [0.1, 0.15) is 5.82 Å². The van der Waals surface area contributed by atoms with Crippen molar-refractivity contribution in [2.24, 2.45) is 0 Å². The molecule has 1 aromatic carbocycles. The first kappa shape index (κ1) is 9.26. The molecule has 0 amide bonds. The van der Waals surface area contributed by atoms with Gasteiger partial charge in [-0.05, 0) is 28.1 Å². The van der Waals surface area contributed by atoms with E-state index >= 15 is 0 Å². The molecule has 0 aliphatic carbocycles. The molecule has 12 heavy (non-hydrogen) atoms. The van der Waals surface area contributed by atoms with Crippen molar-refractivity contribution in [2.75, 3.05) is 11.9 Å². The Kier molecular flexibility index (Phi) is 3.29. The summed E-state index contributed by atoms with van der Waals surface area (Å²) in [4.78, 5) is 0. The van der Waals surface area contributed by atoms with Crippen LogP contribution in [0.3, 0.4) is 0 Å². The zero-order valence-electron chi connectivity index (χ0n) is 6.40. The van der Waals surface area contributed by atoms with Gasteiger partial charge in [-0.2, -0.15) is 0 Å². The van der Waals surface area contributed by atoms with Gasteiger partial charge in [0.15, 0.2) is 0 Å². The van der Waals surface area contributed by atoms with Crippen LogP contribution in [0.4, 0.5) is 10.1 Å². The minimum absolute atomic E-state index is 0.306. The second-order valence-electron chi connectivity index (χ2n) is 2.21. The lowest BCUT2D eigenvalue weighted by atomic mass is 10.3.